The summed E-state index contributed by atoms with van der Waals surface area (Å²) in [6, 6.07) is 7.67. The zero-order chi connectivity index (χ0) is 18.1. The number of carbonyl (C=O) groups excluding carboxylic acids is 1. The van der Waals surface area contributed by atoms with E-state index in [0.717, 1.165) is 30.4 Å². The Morgan fingerprint density at radius 2 is 1.96 bits per heavy atom. The minimum Gasteiger partial charge on any atom is -0.352 e. The van der Waals surface area contributed by atoms with E-state index in [9.17, 15) is 14.0 Å². The van der Waals surface area contributed by atoms with Crippen LogP contribution in [0.1, 0.15) is 25.7 Å². The zero-order valence-electron chi connectivity index (χ0n) is 14.1. The maximum atomic E-state index is 13.1. The largest absolute Gasteiger partial charge is 0.352 e. The molecule has 0 radical (unpaired) electrons. The summed E-state index contributed by atoms with van der Waals surface area (Å²) in [5.74, 6) is -0.552. The lowest BCUT2D eigenvalue weighted by molar-refractivity contribution is -0.122. The van der Waals surface area contributed by atoms with Crippen molar-refractivity contribution >= 4 is 11.4 Å². The van der Waals surface area contributed by atoms with Gasteiger partial charge in [-0.15, -0.1) is 0 Å². The van der Waals surface area contributed by atoms with E-state index >= 15 is 0 Å². The Bertz CT molecular complexity index is 1000. The summed E-state index contributed by atoms with van der Waals surface area (Å²) in [4.78, 5) is 24.7. The highest BCUT2D eigenvalue weighted by Gasteiger charge is 2.18. The molecule has 0 spiro atoms. The van der Waals surface area contributed by atoms with Gasteiger partial charge in [-0.3, -0.25) is 9.59 Å². The van der Waals surface area contributed by atoms with Crippen LogP contribution in [0.3, 0.4) is 0 Å². The monoisotopic (exact) mass is 355 g/mol. The topological polar surface area (TPSA) is 81.3 Å². The Morgan fingerprint density at radius 3 is 2.69 bits per heavy atom. The second-order valence-electron chi connectivity index (χ2n) is 6.51. The molecule has 3 aromatic rings. The first-order chi connectivity index (χ1) is 12.6. The van der Waals surface area contributed by atoms with Crippen molar-refractivity contribution in [2.75, 3.05) is 0 Å². The first-order valence-corrected chi connectivity index (χ1v) is 8.61. The molecule has 1 saturated carbocycles. The number of rotatable bonds is 4. The van der Waals surface area contributed by atoms with E-state index in [1.165, 1.54) is 23.0 Å². The fourth-order valence-electron chi connectivity index (χ4n) is 3.29. The van der Waals surface area contributed by atoms with Gasteiger partial charge < -0.3 is 5.32 Å². The van der Waals surface area contributed by atoms with Crippen molar-refractivity contribution in [2.24, 2.45) is 0 Å². The summed E-state index contributed by atoms with van der Waals surface area (Å²) in [6.07, 6.45) is 5.61. The smallest absolute Gasteiger partial charge is 0.293 e. The number of fused-ring (bicyclic) bond motifs is 1. The van der Waals surface area contributed by atoms with E-state index in [4.69, 9.17) is 0 Å². The lowest BCUT2D eigenvalue weighted by Gasteiger charge is -2.12. The normalized spacial score (nSPS) is 14.8. The van der Waals surface area contributed by atoms with Crippen molar-refractivity contribution in [3.63, 3.8) is 0 Å². The molecule has 0 unspecified atom stereocenters. The quantitative estimate of drug-likeness (QED) is 0.773. The average molecular weight is 355 g/mol. The van der Waals surface area contributed by atoms with E-state index in [1.54, 1.807) is 18.2 Å². The van der Waals surface area contributed by atoms with Crippen LogP contribution in [-0.2, 0) is 11.3 Å². The number of carbonyl (C=O) groups is 1. The minimum absolute atomic E-state index is 0.122. The van der Waals surface area contributed by atoms with Gasteiger partial charge in [0.2, 0.25) is 5.91 Å². The summed E-state index contributed by atoms with van der Waals surface area (Å²) < 4.78 is 15.6. The second kappa shape index (κ2) is 6.70. The van der Waals surface area contributed by atoms with Crippen molar-refractivity contribution in [3.8, 4) is 11.3 Å². The molecule has 0 atom stereocenters. The SMILES string of the molecule is O=C(Cn1ncn2nc(-c3ccc(F)cc3)cc2c1=O)NC1CCCC1. The second-order valence-corrected chi connectivity index (χ2v) is 6.51. The van der Waals surface area contributed by atoms with Crippen LogP contribution in [0.2, 0.25) is 0 Å². The predicted octanol–water partition coefficient (Wildman–Crippen LogP) is 1.76. The molecule has 7 nitrogen and oxygen atoms in total. The van der Waals surface area contributed by atoms with Gasteiger partial charge >= 0.3 is 0 Å². The van der Waals surface area contributed by atoms with Gasteiger partial charge in [0.25, 0.3) is 5.56 Å². The Labute approximate surface area is 148 Å². The highest BCUT2D eigenvalue weighted by atomic mass is 19.1. The van der Waals surface area contributed by atoms with Gasteiger partial charge in [-0.2, -0.15) is 10.2 Å². The van der Waals surface area contributed by atoms with Gasteiger partial charge in [0, 0.05) is 11.6 Å². The molecule has 2 aromatic heterocycles. The van der Waals surface area contributed by atoms with Crippen molar-refractivity contribution < 1.29 is 9.18 Å². The van der Waals surface area contributed by atoms with Crippen LogP contribution in [0.5, 0.6) is 0 Å². The molecular weight excluding hydrogens is 337 g/mol. The van der Waals surface area contributed by atoms with Crippen LogP contribution in [0.15, 0.2) is 41.5 Å². The van der Waals surface area contributed by atoms with E-state index in [2.05, 4.69) is 15.5 Å². The number of nitrogens with one attached hydrogen (secondary N) is 1. The molecule has 26 heavy (non-hydrogen) atoms. The van der Waals surface area contributed by atoms with Gasteiger partial charge in [0.1, 0.15) is 24.2 Å². The molecule has 1 N–H and O–H groups in total. The number of nitrogens with zero attached hydrogens (tertiary/aromatic N) is 4. The first-order valence-electron chi connectivity index (χ1n) is 8.61. The lowest BCUT2D eigenvalue weighted by Crippen LogP contribution is -2.38. The Kier molecular flexibility index (Phi) is 4.24. The summed E-state index contributed by atoms with van der Waals surface area (Å²) in [5.41, 5.74) is 1.15. The fourth-order valence-corrected chi connectivity index (χ4v) is 3.29. The van der Waals surface area contributed by atoms with E-state index < -0.39 is 5.56 Å². The van der Waals surface area contributed by atoms with Gasteiger partial charge in [-0.25, -0.2) is 13.6 Å². The Balaban J connectivity index is 1.59. The predicted molar refractivity (Wildman–Crippen MR) is 93.0 cm³/mol. The molecule has 1 aliphatic rings. The Hall–Kier alpha value is -3.03. The third-order valence-corrected chi connectivity index (χ3v) is 4.64. The summed E-state index contributed by atoms with van der Waals surface area (Å²) >= 11 is 0. The summed E-state index contributed by atoms with van der Waals surface area (Å²) in [7, 11) is 0. The van der Waals surface area contributed by atoms with Gasteiger partial charge in [-0.05, 0) is 43.2 Å². The first kappa shape index (κ1) is 16.4. The number of hydrogen-bond donors (Lipinski definition) is 1. The van der Waals surface area contributed by atoms with Crippen LogP contribution >= 0.6 is 0 Å². The molecule has 0 bridgehead atoms. The molecule has 134 valence electrons. The fraction of sp³-hybridized carbons (Fsp3) is 0.333. The Morgan fingerprint density at radius 1 is 1.23 bits per heavy atom. The molecule has 1 amide bonds. The van der Waals surface area contributed by atoms with Crippen LogP contribution in [-0.4, -0.2) is 31.3 Å². The molecule has 0 saturated heterocycles. The van der Waals surface area contributed by atoms with Crippen molar-refractivity contribution in [1.29, 1.82) is 0 Å². The molecule has 4 rings (SSSR count). The maximum Gasteiger partial charge on any atom is 0.293 e. The van der Waals surface area contributed by atoms with Gasteiger partial charge in [-0.1, -0.05) is 12.8 Å². The third kappa shape index (κ3) is 3.22. The highest BCUT2D eigenvalue weighted by molar-refractivity contribution is 5.76. The number of aromatic nitrogens is 4. The third-order valence-electron chi connectivity index (χ3n) is 4.64. The summed E-state index contributed by atoms with van der Waals surface area (Å²) in [6.45, 7) is -0.122. The molecule has 0 aliphatic heterocycles. The van der Waals surface area contributed by atoms with Crippen molar-refractivity contribution in [1.82, 2.24) is 24.7 Å². The van der Waals surface area contributed by atoms with E-state index in [1.807, 2.05) is 0 Å². The van der Waals surface area contributed by atoms with Crippen LogP contribution in [0.4, 0.5) is 4.39 Å². The molecule has 8 heteroatoms. The van der Waals surface area contributed by atoms with Crippen molar-refractivity contribution in [2.45, 2.75) is 38.3 Å². The van der Waals surface area contributed by atoms with Gasteiger partial charge in [0.15, 0.2) is 0 Å². The lowest BCUT2D eigenvalue weighted by atomic mass is 10.1. The van der Waals surface area contributed by atoms with Crippen LogP contribution in [0.25, 0.3) is 16.8 Å². The maximum absolute atomic E-state index is 13.1. The molecule has 1 fully saturated rings. The zero-order valence-corrected chi connectivity index (χ0v) is 14.1. The number of halogens is 1. The average Bonchev–Trinajstić information content (AvgIpc) is 3.28. The standard InChI is InChI=1S/C18H18FN5O2/c19-13-7-5-12(6-8-13)15-9-16-18(26)23(20-11-24(16)22-15)10-17(25)21-14-3-1-2-4-14/h5-9,11,14H,1-4,10H2,(H,21,25). The highest BCUT2D eigenvalue weighted by Crippen LogP contribution is 2.19. The molecule has 1 aromatic carbocycles. The summed E-state index contributed by atoms with van der Waals surface area (Å²) in [5, 5.41) is 11.3. The molecule has 1 aliphatic carbocycles. The number of benzene rings is 1. The molecule has 2 heterocycles. The van der Waals surface area contributed by atoms with Crippen molar-refractivity contribution in [3.05, 3.63) is 52.8 Å². The minimum atomic E-state index is -0.394. The van der Waals surface area contributed by atoms with Crippen LogP contribution in [0, 0.1) is 5.82 Å². The van der Waals surface area contributed by atoms with Gasteiger partial charge in [0.05, 0.1) is 5.69 Å². The number of amides is 1. The molecular formula is C18H18FN5O2. The van der Waals surface area contributed by atoms with E-state index in [0.29, 0.717) is 16.8 Å². The number of hydrogen-bond acceptors (Lipinski definition) is 4. The van der Waals surface area contributed by atoms with Crippen LogP contribution < -0.4 is 10.9 Å². The van der Waals surface area contributed by atoms with E-state index in [-0.39, 0.29) is 24.3 Å².